The van der Waals surface area contributed by atoms with Crippen molar-refractivity contribution in [3.63, 3.8) is 0 Å². The molecule has 0 saturated heterocycles. The fourth-order valence-corrected chi connectivity index (χ4v) is 3.75. The van der Waals surface area contributed by atoms with Crippen LogP contribution in [0.2, 0.25) is 0 Å². The van der Waals surface area contributed by atoms with Crippen molar-refractivity contribution in [2.24, 2.45) is 0 Å². The Hall–Kier alpha value is -1.94. The molecule has 0 atom stereocenters. The molecule has 3 nitrogen and oxygen atoms in total. The van der Waals surface area contributed by atoms with Crippen LogP contribution in [0.25, 0.3) is 0 Å². The lowest BCUT2D eigenvalue weighted by Gasteiger charge is -2.13. The molecule has 4 heteroatoms. The summed E-state index contributed by atoms with van der Waals surface area (Å²) in [6.45, 7) is 0.539. The van der Waals surface area contributed by atoms with Crippen LogP contribution in [0.15, 0.2) is 41.8 Å². The van der Waals surface area contributed by atoms with E-state index in [1.54, 1.807) is 24.3 Å². The molecule has 0 aliphatic carbocycles. The predicted molar refractivity (Wildman–Crippen MR) is 92.9 cm³/mol. The van der Waals surface area contributed by atoms with E-state index in [9.17, 15) is 9.59 Å². The van der Waals surface area contributed by atoms with E-state index in [0.29, 0.717) is 17.7 Å². The molecule has 0 spiro atoms. The molecular formula is C19H21NO2S. The number of aryl methyl sites for hydroxylation is 1. The lowest BCUT2D eigenvalue weighted by molar-refractivity contribution is 0.0651. The summed E-state index contributed by atoms with van der Waals surface area (Å²) < 4.78 is 0. The van der Waals surface area contributed by atoms with Crippen LogP contribution in [-0.4, -0.2) is 23.3 Å². The molecule has 1 aliphatic rings. The summed E-state index contributed by atoms with van der Waals surface area (Å²) in [4.78, 5) is 27.3. The Kier molecular flexibility index (Phi) is 5.23. The van der Waals surface area contributed by atoms with Gasteiger partial charge >= 0.3 is 0 Å². The van der Waals surface area contributed by atoms with E-state index in [1.165, 1.54) is 22.6 Å². The monoisotopic (exact) mass is 327 g/mol. The van der Waals surface area contributed by atoms with Crippen molar-refractivity contribution in [2.45, 2.75) is 38.5 Å². The maximum atomic E-state index is 12.2. The fourth-order valence-electron chi connectivity index (χ4n) is 3.00. The van der Waals surface area contributed by atoms with E-state index >= 15 is 0 Å². The van der Waals surface area contributed by atoms with Crippen LogP contribution in [0.5, 0.6) is 0 Å². The number of rotatable bonds is 8. The molecule has 0 N–H and O–H groups in total. The number of fused-ring (bicyclic) bond motifs is 1. The number of hydrogen-bond acceptors (Lipinski definition) is 3. The van der Waals surface area contributed by atoms with Gasteiger partial charge in [0.05, 0.1) is 11.1 Å². The van der Waals surface area contributed by atoms with E-state index in [0.717, 1.165) is 25.7 Å². The van der Waals surface area contributed by atoms with Crippen LogP contribution in [0.1, 0.15) is 57.7 Å². The van der Waals surface area contributed by atoms with Crippen LogP contribution < -0.4 is 0 Å². The maximum Gasteiger partial charge on any atom is 0.261 e. The Morgan fingerprint density at radius 1 is 0.783 bits per heavy atom. The van der Waals surface area contributed by atoms with Gasteiger partial charge in [-0.1, -0.05) is 37.5 Å². The highest BCUT2D eigenvalue weighted by molar-refractivity contribution is 7.09. The minimum Gasteiger partial charge on any atom is -0.274 e. The molecule has 0 unspecified atom stereocenters. The van der Waals surface area contributed by atoms with Gasteiger partial charge in [-0.25, -0.2) is 0 Å². The quantitative estimate of drug-likeness (QED) is 0.527. The van der Waals surface area contributed by atoms with E-state index in [4.69, 9.17) is 0 Å². The molecule has 3 rings (SSSR count). The van der Waals surface area contributed by atoms with Crippen LogP contribution in [0, 0.1) is 0 Å². The molecule has 0 fully saturated rings. The number of benzene rings is 1. The molecular weight excluding hydrogens is 306 g/mol. The molecule has 0 bridgehead atoms. The highest BCUT2D eigenvalue weighted by atomic mass is 32.1. The first kappa shape index (κ1) is 15.9. The number of unbranched alkanes of at least 4 members (excludes halogenated alkanes) is 4. The largest absolute Gasteiger partial charge is 0.274 e. The first-order chi connectivity index (χ1) is 11.3. The minimum absolute atomic E-state index is 0.136. The SMILES string of the molecule is O=C1c2ccccc2C(=O)N1CCCCCCCc1cccs1. The van der Waals surface area contributed by atoms with E-state index in [-0.39, 0.29) is 11.8 Å². The molecule has 0 radical (unpaired) electrons. The van der Waals surface area contributed by atoms with Crippen molar-refractivity contribution < 1.29 is 9.59 Å². The standard InChI is InChI=1S/C19H21NO2S/c21-18-16-11-5-6-12-17(16)19(22)20(18)13-7-3-1-2-4-9-15-10-8-14-23-15/h5-6,8,10-12,14H,1-4,7,9,13H2. The van der Waals surface area contributed by atoms with Gasteiger partial charge in [0.15, 0.2) is 0 Å². The van der Waals surface area contributed by atoms with E-state index < -0.39 is 0 Å². The van der Waals surface area contributed by atoms with Gasteiger partial charge in [-0.15, -0.1) is 11.3 Å². The van der Waals surface area contributed by atoms with Gasteiger partial charge in [-0.3, -0.25) is 14.5 Å². The van der Waals surface area contributed by atoms with Crippen molar-refractivity contribution in [2.75, 3.05) is 6.54 Å². The highest BCUT2D eigenvalue weighted by Crippen LogP contribution is 2.23. The average Bonchev–Trinajstić information content (AvgIpc) is 3.17. The Labute approximate surface area is 140 Å². The minimum atomic E-state index is -0.136. The number of thiophene rings is 1. The summed E-state index contributed by atoms with van der Waals surface area (Å²) in [6, 6.07) is 11.4. The normalized spacial score (nSPS) is 13.7. The molecule has 23 heavy (non-hydrogen) atoms. The molecule has 0 saturated carbocycles. The van der Waals surface area contributed by atoms with Gasteiger partial charge in [-0.05, 0) is 42.8 Å². The summed E-state index contributed by atoms with van der Waals surface area (Å²) in [5.41, 5.74) is 1.10. The second-order valence-electron chi connectivity index (χ2n) is 5.90. The second kappa shape index (κ2) is 7.55. The topological polar surface area (TPSA) is 37.4 Å². The Bertz CT molecular complexity index is 643. The first-order valence-electron chi connectivity index (χ1n) is 8.25. The van der Waals surface area contributed by atoms with Crippen molar-refractivity contribution in [3.8, 4) is 0 Å². The number of nitrogens with zero attached hydrogens (tertiary/aromatic N) is 1. The Balaban J connectivity index is 1.35. The Morgan fingerprint density at radius 3 is 2.09 bits per heavy atom. The number of carbonyl (C=O) groups is 2. The van der Waals surface area contributed by atoms with Gasteiger partial charge in [-0.2, -0.15) is 0 Å². The molecule has 2 amide bonds. The van der Waals surface area contributed by atoms with Crippen molar-refractivity contribution in [1.82, 2.24) is 4.90 Å². The van der Waals surface area contributed by atoms with Gasteiger partial charge in [0, 0.05) is 11.4 Å². The van der Waals surface area contributed by atoms with Crippen molar-refractivity contribution >= 4 is 23.2 Å². The second-order valence-corrected chi connectivity index (χ2v) is 6.94. The third-order valence-corrected chi connectivity index (χ3v) is 5.20. The third-order valence-electron chi connectivity index (χ3n) is 4.26. The third kappa shape index (κ3) is 3.70. The molecule has 2 aromatic rings. The van der Waals surface area contributed by atoms with Gasteiger partial charge in [0.2, 0.25) is 0 Å². The zero-order valence-electron chi connectivity index (χ0n) is 13.2. The smallest absolute Gasteiger partial charge is 0.261 e. The van der Waals surface area contributed by atoms with Gasteiger partial charge in [0.25, 0.3) is 11.8 Å². The van der Waals surface area contributed by atoms with E-state index in [1.807, 2.05) is 11.3 Å². The molecule has 2 heterocycles. The van der Waals surface area contributed by atoms with Crippen molar-refractivity contribution in [3.05, 3.63) is 57.8 Å². The molecule has 1 aromatic heterocycles. The predicted octanol–water partition coefficient (Wildman–Crippen LogP) is 4.54. The summed E-state index contributed by atoms with van der Waals surface area (Å²) in [5.74, 6) is -0.272. The fraction of sp³-hybridized carbons (Fsp3) is 0.368. The lowest BCUT2D eigenvalue weighted by atomic mass is 10.1. The average molecular weight is 327 g/mol. The molecule has 1 aromatic carbocycles. The number of hydrogen-bond donors (Lipinski definition) is 0. The summed E-state index contributed by atoms with van der Waals surface area (Å²) >= 11 is 1.82. The number of amides is 2. The van der Waals surface area contributed by atoms with Crippen LogP contribution in [0.4, 0.5) is 0 Å². The maximum absolute atomic E-state index is 12.2. The molecule has 1 aliphatic heterocycles. The number of imide groups is 1. The summed E-state index contributed by atoms with van der Waals surface area (Å²) in [7, 11) is 0. The van der Waals surface area contributed by atoms with Gasteiger partial charge in [0.1, 0.15) is 0 Å². The molecule has 120 valence electrons. The summed E-state index contributed by atoms with van der Waals surface area (Å²) in [5, 5.41) is 2.12. The highest BCUT2D eigenvalue weighted by Gasteiger charge is 2.34. The number of carbonyl (C=O) groups excluding carboxylic acids is 2. The zero-order valence-corrected chi connectivity index (χ0v) is 14.0. The summed E-state index contributed by atoms with van der Waals surface area (Å²) in [6.07, 6.45) is 6.71. The van der Waals surface area contributed by atoms with Gasteiger partial charge < -0.3 is 0 Å². The zero-order chi connectivity index (χ0) is 16.1. The lowest BCUT2D eigenvalue weighted by Crippen LogP contribution is -2.30. The Morgan fingerprint density at radius 2 is 1.43 bits per heavy atom. The van der Waals surface area contributed by atoms with E-state index in [2.05, 4.69) is 17.5 Å². The van der Waals surface area contributed by atoms with Crippen LogP contribution >= 0.6 is 11.3 Å². The first-order valence-corrected chi connectivity index (χ1v) is 9.13. The van der Waals surface area contributed by atoms with Crippen LogP contribution in [0.3, 0.4) is 0 Å². The van der Waals surface area contributed by atoms with Crippen molar-refractivity contribution in [1.29, 1.82) is 0 Å². The van der Waals surface area contributed by atoms with Crippen LogP contribution in [-0.2, 0) is 6.42 Å².